The lowest BCUT2D eigenvalue weighted by Crippen LogP contribution is -2.55. The lowest BCUT2D eigenvalue weighted by atomic mass is 9.85. The molecule has 2 bridgehead atoms. The van der Waals surface area contributed by atoms with Crippen LogP contribution < -0.4 is 0 Å². The van der Waals surface area contributed by atoms with Crippen molar-refractivity contribution in [2.24, 2.45) is 11.8 Å². The van der Waals surface area contributed by atoms with Crippen LogP contribution >= 0.6 is 0 Å². The first-order chi connectivity index (χ1) is 12.0. The van der Waals surface area contributed by atoms with Crippen molar-refractivity contribution in [3.8, 4) is 0 Å². The van der Waals surface area contributed by atoms with E-state index in [0.29, 0.717) is 31.2 Å². The molecule has 0 radical (unpaired) electrons. The lowest BCUT2D eigenvalue weighted by molar-refractivity contribution is -0.143. The Bertz CT molecular complexity index is 815. The summed E-state index contributed by atoms with van der Waals surface area (Å²) < 4.78 is 2.11. The molecule has 5 nitrogen and oxygen atoms in total. The molecule has 1 N–H and O–H groups in total. The number of carbonyl (C=O) groups is 1. The van der Waals surface area contributed by atoms with Crippen LogP contribution in [0.15, 0.2) is 30.7 Å². The van der Waals surface area contributed by atoms with Gasteiger partial charge in [-0.25, -0.2) is 0 Å². The highest BCUT2D eigenvalue weighted by atomic mass is 16.3. The van der Waals surface area contributed by atoms with Crippen LogP contribution in [0.1, 0.15) is 39.0 Å². The molecule has 2 aromatic rings. The highest BCUT2D eigenvalue weighted by molar-refractivity contribution is 5.82. The van der Waals surface area contributed by atoms with E-state index in [1.54, 1.807) is 6.20 Å². The molecule has 1 saturated carbocycles. The number of amides is 1. The third-order valence-corrected chi connectivity index (χ3v) is 6.57. The van der Waals surface area contributed by atoms with E-state index in [4.69, 9.17) is 0 Å². The second-order valence-corrected chi connectivity index (χ2v) is 8.46. The van der Waals surface area contributed by atoms with Crippen molar-refractivity contribution < 1.29 is 9.90 Å². The Balaban J connectivity index is 1.37. The van der Waals surface area contributed by atoms with E-state index < -0.39 is 5.60 Å². The Morgan fingerprint density at radius 3 is 2.72 bits per heavy atom. The van der Waals surface area contributed by atoms with Gasteiger partial charge in [0, 0.05) is 35.8 Å². The molecule has 2 aromatic heterocycles. The molecule has 4 atom stereocenters. The number of carbonyl (C=O) groups excluding carboxylic acids is 1. The van der Waals surface area contributed by atoms with Crippen LogP contribution in [0.25, 0.3) is 10.9 Å². The van der Waals surface area contributed by atoms with Crippen molar-refractivity contribution in [3.05, 3.63) is 30.7 Å². The minimum absolute atomic E-state index is 0.212. The fourth-order valence-corrected chi connectivity index (χ4v) is 5.15. The summed E-state index contributed by atoms with van der Waals surface area (Å²) in [5.41, 5.74) is 0.327. The highest BCUT2D eigenvalue weighted by Crippen LogP contribution is 2.47. The summed E-state index contributed by atoms with van der Waals surface area (Å²) in [6.07, 6.45) is 10.2. The summed E-state index contributed by atoms with van der Waals surface area (Å²) in [7, 11) is 0. The maximum atomic E-state index is 12.8. The number of aliphatic hydroxyl groups is 1. The molecule has 3 aliphatic rings. The molecular weight excluding hydrogens is 314 g/mol. The molecule has 5 heteroatoms. The molecule has 1 amide bonds. The minimum Gasteiger partial charge on any atom is -0.388 e. The molecule has 1 aliphatic carbocycles. The molecule has 3 fully saturated rings. The van der Waals surface area contributed by atoms with Gasteiger partial charge in [-0.15, -0.1) is 0 Å². The monoisotopic (exact) mass is 339 g/mol. The largest absolute Gasteiger partial charge is 0.388 e. The molecular formula is C20H25N3O2. The van der Waals surface area contributed by atoms with E-state index in [1.165, 1.54) is 0 Å². The van der Waals surface area contributed by atoms with Crippen LogP contribution in [0.4, 0.5) is 0 Å². The van der Waals surface area contributed by atoms with Crippen molar-refractivity contribution in [2.75, 3.05) is 0 Å². The zero-order chi connectivity index (χ0) is 17.2. The van der Waals surface area contributed by atoms with Crippen molar-refractivity contribution in [3.63, 3.8) is 0 Å². The predicted molar refractivity (Wildman–Crippen MR) is 94.8 cm³/mol. The number of rotatable bonds is 3. The van der Waals surface area contributed by atoms with Gasteiger partial charge in [-0.3, -0.25) is 9.78 Å². The first kappa shape index (κ1) is 15.4. The highest BCUT2D eigenvalue weighted by Gasteiger charge is 2.53. The molecule has 132 valence electrons. The number of hydrogen-bond acceptors (Lipinski definition) is 3. The summed E-state index contributed by atoms with van der Waals surface area (Å²) in [5.74, 6) is 1.14. The zero-order valence-electron chi connectivity index (χ0n) is 14.6. The quantitative estimate of drug-likeness (QED) is 0.935. The van der Waals surface area contributed by atoms with Crippen LogP contribution in [-0.2, 0) is 11.3 Å². The standard InChI is InChI=1S/C20H25N3O2/c1-13-8-17(13)19(24)23-15-2-3-16(23)10-20(25,9-15)12-22-7-5-14-4-6-21-11-18(14)22/h4-7,11,13,15-17,25H,2-3,8-10,12H2,1H3/t13-,15-,16-,17-/m1/s1. The van der Waals surface area contributed by atoms with Gasteiger partial charge in [0.05, 0.1) is 23.9 Å². The van der Waals surface area contributed by atoms with Crippen LogP contribution in [0.3, 0.4) is 0 Å². The predicted octanol–water partition coefficient (Wildman–Crippen LogP) is 2.58. The summed E-state index contributed by atoms with van der Waals surface area (Å²) in [6, 6.07) is 4.49. The summed E-state index contributed by atoms with van der Waals surface area (Å²) in [5, 5.41) is 12.5. The van der Waals surface area contributed by atoms with Gasteiger partial charge < -0.3 is 14.6 Å². The van der Waals surface area contributed by atoms with E-state index in [2.05, 4.69) is 27.4 Å². The topological polar surface area (TPSA) is 58.4 Å². The average molecular weight is 339 g/mol. The van der Waals surface area contributed by atoms with Crippen molar-refractivity contribution in [1.29, 1.82) is 0 Å². The molecule has 0 aromatic carbocycles. The normalized spacial score (nSPS) is 36.8. The van der Waals surface area contributed by atoms with Gasteiger partial charge in [0.2, 0.25) is 5.91 Å². The smallest absolute Gasteiger partial charge is 0.226 e. The fourth-order valence-electron chi connectivity index (χ4n) is 5.15. The van der Waals surface area contributed by atoms with Crippen molar-refractivity contribution >= 4 is 16.8 Å². The maximum Gasteiger partial charge on any atom is 0.226 e. The Hall–Kier alpha value is -1.88. The number of nitrogens with zero attached hydrogens (tertiary/aromatic N) is 3. The fraction of sp³-hybridized carbons (Fsp3) is 0.600. The molecule has 25 heavy (non-hydrogen) atoms. The van der Waals surface area contributed by atoms with E-state index in [-0.39, 0.29) is 18.0 Å². The first-order valence-electron chi connectivity index (χ1n) is 9.47. The third kappa shape index (κ3) is 2.48. The van der Waals surface area contributed by atoms with Gasteiger partial charge in [-0.2, -0.15) is 0 Å². The number of hydrogen-bond donors (Lipinski definition) is 1. The van der Waals surface area contributed by atoms with Crippen molar-refractivity contribution in [2.45, 2.75) is 63.3 Å². The van der Waals surface area contributed by atoms with Gasteiger partial charge in [0.25, 0.3) is 0 Å². The Kier molecular flexibility index (Phi) is 3.26. The number of aromatic nitrogens is 2. The van der Waals surface area contributed by atoms with Crippen molar-refractivity contribution in [1.82, 2.24) is 14.5 Å². The molecule has 2 aliphatic heterocycles. The van der Waals surface area contributed by atoms with Gasteiger partial charge in [-0.05, 0) is 50.2 Å². The molecule has 0 spiro atoms. The second-order valence-electron chi connectivity index (χ2n) is 8.46. The van der Waals surface area contributed by atoms with Gasteiger partial charge in [0.15, 0.2) is 0 Å². The summed E-state index contributed by atoms with van der Waals surface area (Å²) >= 11 is 0. The summed E-state index contributed by atoms with van der Waals surface area (Å²) in [6.45, 7) is 2.74. The minimum atomic E-state index is -0.737. The molecule has 0 unspecified atom stereocenters. The molecule has 5 rings (SSSR count). The van der Waals surface area contributed by atoms with Crippen LogP contribution in [0.2, 0.25) is 0 Å². The van der Waals surface area contributed by atoms with Gasteiger partial charge >= 0.3 is 0 Å². The lowest BCUT2D eigenvalue weighted by Gasteiger charge is -2.44. The number of piperidine rings is 1. The Labute approximate surface area is 147 Å². The molecule has 4 heterocycles. The Morgan fingerprint density at radius 2 is 2.04 bits per heavy atom. The van der Waals surface area contributed by atoms with E-state index in [0.717, 1.165) is 30.2 Å². The van der Waals surface area contributed by atoms with Crippen LogP contribution in [-0.4, -0.2) is 43.1 Å². The maximum absolute atomic E-state index is 12.8. The van der Waals surface area contributed by atoms with E-state index in [1.807, 2.05) is 18.5 Å². The van der Waals surface area contributed by atoms with Gasteiger partial charge in [-0.1, -0.05) is 6.92 Å². The van der Waals surface area contributed by atoms with E-state index >= 15 is 0 Å². The number of pyridine rings is 1. The number of fused-ring (bicyclic) bond motifs is 3. The second kappa shape index (κ2) is 5.31. The summed E-state index contributed by atoms with van der Waals surface area (Å²) in [4.78, 5) is 19.1. The SMILES string of the molecule is C[C@@H]1C[C@H]1C(=O)N1[C@@H]2CC[C@@H]1CC(O)(Cn1ccc3ccncc31)C2. The Morgan fingerprint density at radius 1 is 1.32 bits per heavy atom. The van der Waals surface area contributed by atoms with Crippen LogP contribution in [0.5, 0.6) is 0 Å². The molecule has 2 saturated heterocycles. The average Bonchev–Trinajstić information content (AvgIpc) is 3.08. The first-order valence-corrected chi connectivity index (χ1v) is 9.47. The van der Waals surface area contributed by atoms with Gasteiger partial charge in [0.1, 0.15) is 0 Å². The van der Waals surface area contributed by atoms with Crippen LogP contribution in [0, 0.1) is 11.8 Å². The third-order valence-electron chi connectivity index (χ3n) is 6.57. The van der Waals surface area contributed by atoms with E-state index in [9.17, 15) is 9.90 Å². The zero-order valence-corrected chi connectivity index (χ0v) is 14.6.